The van der Waals surface area contributed by atoms with Gasteiger partial charge >= 0.3 is 5.97 Å². The average Bonchev–Trinajstić information content (AvgIpc) is 2.84. The van der Waals surface area contributed by atoms with Crippen LogP contribution in [0.3, 0.4) is 0 Å². The molecule has 2 saturated heterocycles. The van der Waals surface area contributed by atoms with Crippen LogP contribution in [-0.4, -0.2) is 43.8 Å². The van der Waals surface area contributed by atoms with E-state index in [0.29, 0.717) is 0 Å². The van der Waals surface area contributed by atoms with Gasteiger partial charge in [0.15, 0.2) is 5.72 Å². The maximum absolute atomic E-state index is 12.2. The highest BCUT2D eigenvalue weighted by molar-refractivity contribution is 6.11. The van der Waals surface area contributed by atoms with Crippen LogP contribution in [0.4, 0.5) is 0 Å². The zero-order valence-corrected chi connectivity index (χ0v) is 12.6. The minimum atomic E-state index is -0.697. The second kappa shape index (κ2) is 5.44. The first-order valence-corrected chi connectivity index (χ1v) is 7.31. The minimum absolute atomic E-state index is 0.00174. The molecule has 3 rings (SSSR count). The second-order valence-electron chi connectivity index (χ2n) is 5.85. The third-order valence-electron chi connectivity index (χ3n) is 4.51. The number of benzene rings is 1. The summed E-state index contributed by atoms with van der Waals surface area (Å²) in [4.78, 5) is 17.9. The Morgan fingerprint density at radius 1 is 1.43 bits per heavy atom. The van der Waals surface area contributed by atoms with Crippen LogP contribution in [0.1, 0.15) is 18.9 Å². The van der Waals surface area contributed by atoms with Gasteiger partial charge in [0.2, 0.25) is 0 Å². The number of fused-ring (bicyclic) bond motifs is 2. The van der Waals surface area contributed by atoms with E-state index in [2.05, 4.69) is 6.92 Å². The molecule has 2 bridgehead atoms. The predicted molar refractivity (Wildman–Crippen MR) is 78.8 cm³/mol. The first kappa shape index (κ1) is 14.6. The Labute approximate surface area is 125 Å². The Morgan fingerprint density at radius 2 is 2.14 bits per heavy atom. The number of esters is 1. The van der Waals surface area contributed by atoms with Gasteiger partial charge in [0.25, 0.3) is 0 Å². The van der Waals surface area contributed by atoms with Gasteiger partial charge in [0, 0.05) is 13.0 Å². The Balaban J connectivity index is 1.62. The van der Waals surface area contributed by atoms with Crippen LogP contribution >= 0.6 is 0 Å². The summed E-state index contributed by atoms with van der Waals surface area (Å²) >= 11 is 0. The molecule has 0 aliphatic carbocycles. The van der Waals surface area contributed by atoms with E-state index in [1.54, 1.807) is 5.06 Å². The average molecular weight is 289 g/mol. The van der Waals surface area contributed by atoms with Gasteiger partial charge in [-0.1, -0.05) is 37.3 Å². The fourth-order valence-electron chi connectivity index (χ4n) is 3.28. The number of hydrogen-bond donors (Lipinski definition) is 0. The Kier molecular flexibility index (Phi) is 3.77. The molecule has 2 aliphatic heterocycles. The fourth-order valence-corrected chi connectivity index (χ4v) is 3.28. The van der Waals surface area contributed by atoms with E-state index < -0.39 is 5.72 Å². The molecular formula is C15H20BNO4. The van der Waals surface area contributed by atoms with Gasteiger partial charge in [-0.15, -0.1) is 0 Å². The summed E-state index contributed by atoms with van der Waals surface area (Å²) in [5, 5.41) is 1.67. The smallest absolute Gasteiger partial charge is 0.310 e. The van der Waals surface area contributed by atoms with Gasteiger partial charge in [0.1, 0.15) is 20.6 Å². The highest BCUT2D eigenvalue weighted by atomic mass is 16.8. The molecule has 4 atom stereocenters. The number of nitrogens with zero attached hydrogens (tertiary/aromatic N) is 1. The molecule has 2 fully saturated rings. The molecule has 21 heavy (non-hydrogen) atoms. The Bertz CT molecular complexity index is 526. The summed E-state index contributed by atoms with van der Waals surface area (Å²) in [6.07, 6.45) is 0.190. The molecule has 5 nitrogen and oxygen atoms in total. The molecule has 1 unspecified atom stereocenters. The van der Waals surface area contributed by atoms with Gasteiger partial charge in [-0.25, -0.2) is 0 Å². The number of carbonyl (C=O) groups excluding carboxylic acids is 1. The Morgan fingerprint density at radius 3 is 2.76 bits per heavy atom. The fraction of sp³-hybridized carbons (Fsp3) is 0.533. The lowest BCUT2D eigenvalue weighted by atomic mass is 9.87. The van der Waals surface area contributed by atoms with Crippen LogP contribution in [0.2, 0.25) is 0 Å². The summed E-state index contributed by atoms with van der Waals surface area (Å²) in [6.45, 7) is 2.34. The van der Waals surface area contributed by atoms with Crippen LogP contribution in [0.5, 0.6) is 0 Å². The van der Waals surface area contributed by atoms with E-state index in [9.17, 15) is 4.79 Å². The molecule has 1 aromatic carbocycles. The quantitative estimate of drug-likeness (QED) is 0.603. The van der Waals surface area contributed by atoms with E-state index in [1.807, 2.05) is 45.2 Å². The summed E-state index contributed by atoms with van der Waals surface area (Å²) in [5.41, 5.74) is 0.281. The van der Waals surface area contributed by atoms with Crippen molar-refractivity contribution < 1.29 is 19.1 Å². The van der Waals surface area contributed by atoms with Crippen molar-refractivity contribution in [3.05, 3.63) is 35.9 Å². The van der Waals surface area contributed by atoms with Crippen LogP contribution in [-0.2, 0) is 25.7 Å². The van der Waals surface area contributed by atoms with E-state index in [0.717, 1.165) is 5.56 Å². The summed E-state index contributed by atoms with van der Waals surface area (Å²) < 4.78 is 11.4. The molecular weight excluding hydrogens is 269 g/mol. The highest BCUT2D eigenvalue weighted by Crippen LogP contribution is 2.48. The van der Waals surface area contributed by atoms with Crippen molar-refractivity contribution in [2.75, 3.05) is 7.05 Å². The van der Waals surface area contributed by atoms with Crippen LogP contribution in [0.25, 0.3) is 0 Å². The van der Waals surface area contributed by atoms with Crippen LogP contribution < -0.4 is 0 Å². The van der Waals surface area contributed by atoms with E-state index in [1.165, 1.54) is 0 Å². The first-order valence-electron chi connectivity index (χ1n) is 7.31. The SMILES string of the molecule is B[C@@H]1O[C@]2(CC(=O)OCc3ccccc3)C(C)[C@@H]1ON2C. The van der Waals surface area contributed by atoms with Crippen LogP contribution in [0.15, 0.2) is 30.3 Å². The first-order chi connectivity index (χ1) is 10.0. The maximum atomic E-state index is 12.2. The minimum Gasteiger partial charge on any atom is -0.461 e. The summed E-state index contributed by atoms with van der Waals surface area (Å²) in [7, 11) is 3.79. The monoisotopic (exact) mass is 289 g/mol. The summed E-state index contributed by atoms with van der Waals surface area (Å²) in [5.74, 6) is -0.127. The molecule has 2 heterocycles. The molecule has 112 valence electrons. The third kappa shape index (κ3) is 2.48. The number of ether oxygens (including phenoxy) is 2. The van der Waals surface area contributed by atoms with E-state index >= 15 is 0 Å². The van der Waals surface area contributed by atoms with Crippen molar-refractivity contribution in [2.45, 2.75) is 37.8 Å². The normalized spacial score (nSPS) is 35.0. The number of hydroxylamine groups is 2. The molecule has 0 spiro atoms. The lowest BCUT2D eigenvalue weighted by molar-refractivity contribution is -0.305. The number of carbonyl (C=O) groups is 1. The molecule has 0 saturated carbocycles. The molecule has 1 aromatic rings. The predicted octanol–water partition coefficient (Wildman–Crippen LogP) is 0.687. The molecule has 0 aromatic heterocycles. The molecule has 0 N–H and O–H groups in total. The molecule has 0 amide bonds. The topological polar surface area (TPSA) is 48.0 Å². The third-order valence-corrected chi connectivity index (χ3v) is 4.51. The van der Waals surface area contributed by atoms with E-state index in [4.69, 9.17) is 14.3 Å². The van der Waals surface area contributed by atoms with Gasteiger partial charge in [-0.2, -0.15) is 5.06 Å². The molecule has 6 heteroatoms. The number of rotatable bonds is 4. The Hall–Kier alpha value is -1.37. The van der Waals surface area contributed by atoms with Gasteiger partial charge in [-0.05, 0) is 5.56 Å². The van der Waals surface area contributed by atoms with Crippen molar-refractivity contribution in [1.29, 1.82) is 0 Å². The summed E-state index contributed by atoms with van der Waals surface area (Å²) in [6, 6.07) is 9.65. The van der Waals surface area contributed by atoms with Crippen LogP contribution in [0, 0.1) is 5.92 Å². The highest BCUT2D eigenvalue weighted by Gasteiger charge is 2.62. The number of hydrogen-bond acceptors (Lipinski definition) is 5. The van der Waals surface area contributed by atoms with Crippen molar-refractivity contribution in [2.24, 2.45) is 5.92 Å². The molecule has 2 aliphatic rings. The zero-order valence-electron chi connectivity index (χ0n) is 12.6. The zero-order chi connectivity index (χ0) is 15.0. The standard InChI is InChI=1S/C15H20BNO4/c1-10-13-14(16)20-15(10,17(2)21-13)8-12(18)19-9-11-6-4-3-5-7-11/h3-7,10,13-14H,8-9,16H2,1-2H3/t10?,13-,14+,15+/m0/s1. The maximum Gasteiger partial charge on any atom is 0.310 e. The second-order valence-corrected chi connectivity index (χ2v) is 5.85. The lowest BCUT2D eigenvalue weighted by Crippen LogP contribution is -2.50. The van der Waals surface area contributed by atoms with Crippen molar-refractivity contribution in [3.63, 3.8) is 0 Å². The van der Waals surface area contributed by atoms with Gasteiger partial charge in [0.05, 0.1) is 12.4 Å². The van der Waals surface area contributed by atoms with Crippen molar-refractivity contribution in [1.82, 2.24) is 5.06 Å². The lowest BCUT2D eigenvalue weighted by Gasteiger charge is -2.37. The largest absolute Gasteiger partial charge is 0.461 e. The van der Waals surface area contributed by atoms with E-state index in [-0.39, 0.29) is 37.0 Å². The van der Waals surface area contributed by atoms with Crippen molar-refractivity contribution >= 4 is 13.8 Å². The van der Waals surface area contributed by atoms with Gasteiger partial charge < -0.3 is 9.47 Å². The van der Waals surface area contributed by atoms with Gasteiger partial charge in [-0.3, -0.25) is 9.63 Å². The molecule has 0 radical (unpaired) electrons. The van der Waals surface area contributed by atoms with Crippen molar-refractivity contribution in [3.8, 4) is 0 Å².